The maximum absolute atomic E-state index is 14.1. The zero-order valence-electron chi connectivity index (χ0n) is 28.5. The van der Waals surface area contributed by atoms with Crippen LogP contribution in [0, 0.1) is 0 Å². The fourth-order valence-corrected chi connectivity index (χ4v) is 6.38. The molecule has 1 aliphatic heterocycles. The number of anilines is 1. The Hall–Kier alpha value is -5.23. The second kappa shape index (κ2) is 14.9. The molecule has 5 rings (SSSR count). The summed E-state index contributed by atoms with van der Waals surface area (Å²) in [6.45, 7) is 8.55. The third kappa shape index (κ3) is 8.26. The molecule has 0 atom stereocenters. The molecule has 0 radical (unpaired) electrons. The summed E-state index contributed by atoms with van der Waals surface area (Å²) in [5, 5.41) is 7.70. The molecule has 0 spiro atoms. The first-order valence-corrected chi connectivity index (χ1v) is 16.9. The predicted molar refractivity (Wildman–Crippen MR) is 188 cm³/mol. The number of carbonyl (C=O) groups is 4. The summed E-state index contributed by atoms with van der Waals surface area (Å²) in [5.41, 5.74) is 3.57. The third-order valence-electron chi connectivity index (χ3n) is 7.72. The Kier molecular flexibility index (Phi) is 10.7. The number of rotatable bonds is 9. The summed E-state index contributed by atoms with van der Waals surface area (Å²) in [5.74, 6) is -0.954. The topological polar surface area (TPSA) is 136 Å². The van der Waals surface area contributed by atoms with Crippen LogP contribution in [0.15, 0.2) is 60.0 Å². The van der Waals surface area contributed by atoms with E-state index in [9.17, 15) is 19.2 Å². The highest BCUT2D eigenvalue weighted by molar-refractivity contribution is 7.13. The van der Waals surface area contributed by atoms with Crippen LogP contribution < -0.4 is 15.4 Å². The normalized spacial score (nSPS) is 12.0. The number of ether oxygens (including phenoxy) is 3. The molecule has 49 heavy (non-hydrogen) atoms. The number of thiophene rings is 1. The predicted octanol–water partition coefficient (Wildman–Crippen LogP) is 6.96. The highest BCUT2D eigenvalue weighted by Gasteiger charge is 2.27. The van der Waals surface area contributed by atoms with Gasteiger partial charge < -0.3 is 29.7 Å². The molecule has 3 amide bonds. The van der Waals surface area contributed by atoms with Crippen LogP contribution in [-0.4, -0.2) is 66.7 Å². The molecule has 11 nitrogen and oxygen atoms in total. The standard InChI is InChI=1S/C37H40N4O7S/c1-7-16-41(5)34(43)29-13-12-25(31(40-29)35(44)46-6)26-20-30-28(32-23(14-17-47-30)15-18-49-32)19-27(26)33(42)39-24-10-8-22(9-11-24)21-38-36(45)48-37(2,3)4/h8-13,15,18-20H,7,14,16-17,21H2,1-6H3,(H,38,45)(H,39,42). The summed E-state index contributed by atoms with van der Waals surface area (Å²) >= 11 is 1.56. The summed E-state index contributed by atoms with van der Waals surface area (Å²) in [4.78, 5) is 59.4. The highest BCUT2D eigenvalue weighted by atomic mass is 32.1. The molecule has 0 saturated carbocycles. The number of hydrogen-bond acceptors (Lipinski definition) is 9. The summed E-state index contributed by atoms with van der Waals surface area (Å²) < 4.78 is 16.6. The van der Waals surface area contributed by atoms with Crippen molar-refractivity contribution in [2.75, 3.05) is 32.6 Å². The molecule has 256 valence electrons. The number of amides is 3. The average Bonchev–Trinajstić information content (AvgIpc) is 3.47. The Morgan fingerprint density at radius 1 is 1.00 bits per heavy atom. The maximum atomic E-state index is 14.1. The zero-order valence-corrected chi connectivity index (χ0v) is 29.3. The molecule has 2 aromatic heterocycles. The van der Waals surface area contributed by atoms with Crippen LogP contribution in [0.3, 0.4) is 0 Å². The second-order valence-electron chi connectivity index (χ2n) is 12.6. The minimum absolute atomic E-state index is 0.0848. The lowest BCUT2D eigenvalue weighted by atomic mass is 9.93. The number of methoxy groups -OCH3 is 1. The number of benzene rings is 2. The number of nitrogens with zero attached hydrogens (tertiary/aromatic N) is 2. The van der Waals surface area contributed by atoms with E-state index >= 15 is 0 Å². The molecule has 12 heteroatoms. The van der Waals surface area contributed by atoms with Crippen LogP contribution in [0.2, 0.25) is 0 Å². The fourth-order valence-electron chi connectivity index (χ4n) is 5.40. The number of carbonyl (C=O) groups excluding carboxylic acids is 4. The van der Waals surface area contributed by atoms with E-state index in [4.69, 9.17) is 14.2 Å². The molecule has 0 saturated heterocycles. The van der Waals surface area contributed by atoms with Crippen molar-refractivity contribution >= 4 is 40.9 Å². The number of aromatic nitrogens is 1. The average molecular weight is 685 g/mol. The molecule has 0 bridgehead atoms. The van der Waals surface area contributed by atoms with Crippen molar-refractivity contribution in [1.29, 1.82) is 0 Å². The van der Waals surface area contributed by atoms with Crippen molar-refractivity contribution in [3.8, 4) is 27.3 Å². The van der Waals surface area contributed by atoms with Gasteiger partial charge in [-0.1, -0.05) is 19.1 Å². The number of pyridine rings is 1. The van der Waals surface area contributed by atoms with E-state index in [0.717, 1.165) is 28.0 Å². The van der Waals surface area contributed by atoms with Crippen LogP contribution in [0.25, 0.3) is 21.6 Å². The lowest BCUT2D eigenvalue weighted by molar-refractivity contribution is 0.0521. The van der Waals surface area contributed by atoms with E-state index in [1.807, 2.05) is 12.3 Å². The van der Waals surface area contributed by atoms with E-state index in [0.29, 0.717) is 42.1 Å². The van der Waals surface area contributed by atoms with Gasteiger partial charge in [-0.2, -0.15) is 0 Å². The van der Waals surface area contributed by atoms with Crippen LogP contribution >= 0.6 is 11.3 Å². The zero-order chi connectivity index (χ0) is 35.3. The van der Waals surface area contributed by atoms with E-state index < -0.39 is 23.6 Å². The van der Waals surface area contributed by atoms with E-state index in [2.05, 4.69) is 21.7 Å². The molecule has 3 heterocycles. The fraction of sp³-hybridized carbons (Fsp3) is 0.324. The van der Waals surface area contributed by atoms with Crippen molar-refractivity contribution < 1.29 is 33.4 Å². The van der Waals surface area contributed by atoms with Crippen molar-refractivity contribution in [2.45, 2.75) is 52.7 Å². The summed E-state index contributed by atoms with van der Waals surface area (Å²) in [7, 11) is 2.92. The van der Waals surface area contributed by atoms with E-state index in [1.54, 1.807) is 87.7 Å². The molecule has 1 aliphatic rings. The largest absolute Gasteiger partial charge is 0.493 e. The number of fused-ring (bicyclic) bond motifs is 3. The molecule has 0 fully saturated rings. The van der Waals surface area contributed by atoms with Gasteiger partial charge in [0.2, 0.25) is 0 Å². The quantitative estimate of drug-likeness (QED) is 0.181. The molecule has 2 N–H and O–H groups in total. The van der Waals surface area contributed by atoms with Gasteiger partial charge in [0.15, 0.2) is 5.69 Å². The SMILES string of the molecule is CCCN(C)C(=O)c1ccc(-c2cc3c(cc2C(=O)Nc2ccc(CNC(=O)OC(C)(C)C)cc2)-c2sccc2CCO3)c(C(=O)OC)n1. The lowest BCUT2D eigenvalue weighted by Crippen LogP contribution is -2.32. The first-order valence-electron chi connectivity index (χ1n) is 16.0. The molecule has 0 unspecified atom stereocenters. The second-order valence-corrected chi connectivity index (χ2v) is 13.5. The van der Waals surface area contributed by atoms with Gasteiger partial charge in [0.25, 0.3) is 11.8 Å². The van der Waals surface area contributed by atoms with Gasteiger partial charge in [-0.25, -0.2) is 14.6 Å². The number of alkyl carbamates (subject to hydrolysis) is 1. The first kappa shape index (κ1) is 35.1. The van der Waals surface area contributed by atoms with Crippen molar-refractivity contribution in [1.82, 2.24) is 15.2 Å². The van der Waals surface area contributed by atoms with Crippen molar-refractivity contribution in [3.05, 3.63) is 88.1 Å². The number of esters is 1. The van der Waals surface area contributed by atoms with Crippen LogP contribution in [0.4, 0.5) is 10.5 Å². The molecular weight excluding hydrogens is 644 g/mol. The molecular formula is C37H40N4O7S. The monoisotopic (exact) mass is 684 g/mol. The van der Waals surface area contributed by atoms with Gasteiger partial charge in [0.05, 0.1) is 13.7 Å². The molecule has 0 aliphatic carbocycles. The van der Waals surface area contributed by atoms with Gasteiger partial charge >= 0.3 is 12.1 Å². The van der Waals surface area contributed by atoms with Gasteiger partial charge in [-0.15, -0.1) is 11.3 Å². The van der Waals surface area contributed by atoms with Crippen LogP contribution in [-0.2, 0) is 22.4 Å². The minimum Gasteiger partial charge on any atom is -0.493 e. The van der Waals surface area contributed by atoms with Crippen LogP contribution in [0.1, 0.15) is 76.6 Å². The number of nitrogens with one attached hydrogen (secondary N) is 2. The Morgan fingerprint density at radius 3 is 2.45 bits per heavy atom. The van der Waals surface area contributed by atoms with E-state index in [1.165, 1.54) is 12.0 Å². The Bertz CT molecular complexity index is 1880. The summed E-state index contributed by atoms with van der Waals surface area (Å²) in [6.07, 6.45) is 0.941. The van der Waals surface area contributed by atoms with Crippen molar-refractivity contribution in [2.24, 2.45) is 0 Å². The number of hydrogen-bond donors (Lipinski definition) is 2. The highest BCUT2D eigenvalue weighted by Crippen LogP contribution is 2.43. The van der Waals surface area contributed by atoms with Crippen LogP contribution in [0.5, 0.6) is 5.75 Å². The minimum atomic E-state index is -0.749. The van der Waals surface area contributed by atoms with Gasteiger partial charge in [0, 0.05) is 59.4 Å². The van der Waals surface area contributed by atoms with Crippen molar-refractivity contribution in [3.63, 3.8) is 0 Å². The summed E-state index contributed by atoms with van der Waals surface area (Å²) in [6, 6.07) is 15.8. The molecule has 4 aromatic rings. The van der Waals surface area contributed by atoms with Gasteiger partial charge in [0.1, 0.15) is 17.0 Å². The van der Waals surface area contributed by atoms with Gasteiger partial charge in [-0.3, -0.25) is 9.59 Å². The third-order valence-corrected chi connectivity index (χ3v) is 8.71. The maximum Gasteiger partial charge on any atom is 0.407 e. The first-order chi connectivity index (χ1) is 23.4. The Labute approximate surface area is 289 Å². The van der Waals surface area contributed by atoms with E-state index in [-0.39, 0.29) is 29.4 Å². The van der Waals surface area contributed by atoms with Gasteiger partial charge in [-0.05, 0) is 86.2 Å². The smallest absolute Gasteiger partial charge is 0.407 e. The lowest BCUT2D eigenvalue weighted by Gasteiger charge is -2.19. The Morgan fingerprint density at radius 2 is 1.76 bits per heavy atom. The Balaban J connectivity index is 1.53. The molecule has 2 aromatic carbocycles.